The third-order valence-electron chi connectivity index (χ3n) is 5.67. The van der Waals surface area contributed by atoms with Gasteiger partial charge in [-0.3, -0.25) is 10.6 Å². The summed E-state index contributed by atoms with van der Waals surface area (Å²) in [5, 5.41) is 11.8. The van der Waals surface area contributed by atoms with Gasteiger partial charge >= 0.3 is 5.97 Å². The van der Waals surface area contributed by atoms with Gasteiger partial charge in [0.05, 0.1) is 29.0 Å². The van der Waals surface area contributed by atoms with Gasteiger partial charge in [-0.05, 0) is 36.8 Å². The molecule has 4 N–H and O–H groups in total. The van der Waals surface area contributed by atoms with Crippen molar-refractivity contribution < 1.29 is 14.6 Å². The number of carbonyl (C=O) groups excluding carboxylic acids is 1. The molecule has 0 spiro atoms. The maximum absolute atomic E-state index is 13.1. The molecule has 2 aliphatic rings. The van der Waals surface area contributed by atoms with Crippen LogP contribution in [0.4, 0.5) is 5.69 Å². The van der Waals surface area contributed by atoms with E-state index in [1.165, 1.54) is 0 Å². The van der Waals surface area contributed by atoms with E-state index in [-0.39, 0.29) is 18.6 Å². The van der Waals surface area contributed by atoms with E-state index in [2.05, 4.69) is 5.43 Å². The highest BCUT2D eigenvalue weighted by Gasteiger charge is 2.45. The zero-order valence-electron chi connectivity index (χ0n) is 15.2. The second kappa shape index (κ2) is 5.63. The first-order valence-electron chi connectivity index (χ1n) is 9.03. The number of anilines is 1. The number of carbonyl (C=O) groups is 1. The van der Waals surface area contributed by atoms with Crippen LogP contribution in [0, 0.1) is 0 Å². The van der Waals surface area contributed by atoms with Crippen LogP contribution in [0.3, 0.4) is 0 Å². The second-order valence-electron chi connectivity index (χ2n) is 7.15. The van der Waals surface area contributed by atoms with Crippen molar-refractivity contribution in [2.24, 2.45) is 5.84 Å². The Morgan fingerprint density at radius 2 is 2.14 bits per heavy atom. The number of ether oxygens (including phenoxy) is 1. The van der Waals surface area contributed by atoms with Gasteiger partial charge in [0.2, 0.25) is 0 Å². The number of hydrazine groups is 1. The maximum Gasteiger partial charge on any atom is 0.343 e. The lowest BCUT2D eigenvalue weighted by Gasteiger charge is -2.31. The number of benzene rings is 1. The molecule has 1 atom stereocenters. The molecule has 0 saturated heterocycles. The van der Waals surface area contributed by atoms with Crippen LogP contribution in [0.5, 0.6) is 0 Å². The Morgan fingerprint density at radius 3 is 2.89 bits per heavy atom. The number of nitrogens with two attached hydrogens (primary N) is 1. The molecule has 3 aromatic rings. The van der Waals surface area contributed by atoms with Crippen LogP contribution in [-0.4, -0.2) is 20.6 Å². The normalized spacial score (nSPS) is 19.8. The first kappa shape index (κ1) is 16.9. The molecular formula is C20H18N4O4. The molecule has 0 unspecified atom stereocenters. The quantitative estimate of drug-likeness (QED) is 0.274. The van der Waals surface area contributed by atoms with Gasteiger partial charge < -0.3 is 19.8 Å². The van der Waals surface area contributed by atoms with Gasteiger partial charge in [0.15, 0.2) is 5.60 Å². The smallest absolute Gasteiger partial charge is 0.343 e. The summed E-state index contributed by atoms with van der Waals surface area (Å²) in [6, 6.07) is 9.26. The van der Waals surface area contributed by atoms with Crippen LogP contribution in [-0.2, 0) is 28.3 Å². The predicted molar refractivity (Wildman–Crippen MR) is 102 cm³/mol. The molecular weight excluding hydrogens is 360 g/mol. The van der Waals surface area contributed by atoms with E-state index < -0.39 is 11.6 Å². The first-order chi connectivity index (χ1) is 13.5. The fourth-order valence-electron chi connectivity index (χ4n) is 4.08. The number of hydrogen-bond acceptors (Lipinski definition) is 7. The summed E-state index contributed by atoms with van der Waals surface area (Å²) in [6.07, 6.45) is 0.120. The van der Waals surface area contributed by atoms with Crippen molar-refractivity contribution in [1.82, 2.24) is 9.55 Å². The highest BCUT2D eigenvalue weighted by Crippen LogP contribution is 2.38. The van der Waals surface area contributed by atoms with Crippen molar-refractivity contribution in [3.63, 3.8) is 0 Å². The largest absolute Gasteiger partial charge is 0.458 e. The molecule has 2 aromatic heterocycles. The molecule has 8 heteroatoms. The Morgan fingerprint density at radius 1 is 1.32 bits per heavy atom. The van der Waals surface area contributed by atoms with Crippen molar-refractivity contribution in [2.75, 3.05) is 5.43 Å². The number of aromatic nitrogens is 2. The SMILES string of the molecule is CC[C@@]1(O)C(=O)OCc2c1cc1n(c2=O)Cc2cc3cc(NN)ccc3nc2-1. The zero-order valence-corrected chi connectivity index (χ0v) is 15.2. The average Bonchev–Trinajstić information content (AvgIpc) is 3.07. The Bertz CT molecular complexity index is 1230. The number of nitrogen functional groups attached to an aromatic ring is 1. The number of pyridine rings is 2. The van der Waals surface area contributed by atoms with E-state index >= 15 is 0 Å². The van der Waals surface area contributed by atoms with Crippen molar-refractivity contribution in [1.29, 1.82) is 0 Å². The van der Waals surface area contributed by atoms with Crippen LogP contribution in [0.25, 0.3) is 22.3 Å². The number of fused-ring (bicyclic) bond motifs is 5. The summed E-state index contributed by atoms with van der Waals surface area (Å²) >= 11 is 0. The van der Waals surface area contributed by atoms with Crippen LogP contribution in [0.1, 0.15) is 30.0 Å². The summed E-state index contributed by atoms with van der Waals surface area (Å²) in [5.74, 6) is 4.76. The Hall–Kier alpha value is -3.23. The molecule has 0 saturated carbocycles. The average molecular weight is 378 g/mol. The first-order valence-corrected chi connectivity index (χ1v) is 9.03. The fraction of sp³-hybridized carbons (Fsp3) is 0.250. The summed E-state index contributed by atoms with van der Waals surface area (Å²) in [7, 11) is 0. The van der Waals surface area contributed by atoms with Crippen molar-refractivity contribution in [2.45, 2.75) is 32.1 Å². The van der Waals surface area contributed by atoms with Crippen molar-refractivity contribution in [3.8, 4) is 11.4 Å². The molecule has 2 aliphatic heterocycles. The van der Waals surface area contributed by atoms with E-state index in [4.69, 9.17) is 15.6 Å². The van der Waals surface area contributed by atoms with E-state index in [1.54, 1.807) is 17.6 Å². The standard InChI is InChI=1S/C20H18N4O4/c1-2-20(27)14-7-16-17-11(5-10-6-12(23-21)3-4-15(10)22-17)8-24(16)18(25)13(14)9-28-19(20)26/h3-7,23,27H,2,8-9,21H2,1H3/t20-/m0/s1. The van der Waals surface area contributed by atoms with Crippen LogP contribution < -0.4 is 16.8 Å². The molecule has 4 heterocycles. The van der Waals surface area contributed by atoms with E-state index in [0.29, 0.717) is 29.1 Å². The highest BCUT2D eigenvalue weighted by atomic mass is 16.6. The Kier molecular flexibility index (Phi) is 3.40. The van der Waals surface area contributed by atoms with Gasteiger partial charge in [0, 0.05) is 22.2 Å². The number of aliphatic hydroxyl groups is 1. The van der Waals surface area contributed by atoms with Crippen molar-refractivity contribution in [3.05, 3.63) is 57.4 Å². The molecule has 0 bridgehead atoms. The summed E-state index contributed by atoms with van der Waals surface area (Å²) in [4.78, 5) is 30.0. The summed E-state index contributed by atoms with van der Waals surface area (Å²) in [6.45, 7) is 1.93. The number of rotatable bonds is 2. The number of nitrogens with zero attached hydrogens (tertiary/aromatic N) is 2. The zero-order chi connectivity index (χ0) is 19.6. The molecule has 1 aromatic carbocycles. The molecule has 5 rings (SSSR count). The predicted octanol–water partition coefficient (Wildman–Crippen LogP) is 1.37. The third-order valence-corrected chi connectivity index (χ3v) is 5.67. The van der Waals surface area contributed by atoms with Crippen LogP contribution in [0.15, 0.2) is 35.1 Å². The summed E-state index contributed by atoms with van der Waals surface area (Å²) in [5.41, 5.74) is 4.88. The molecule has 8 nitrogen and oxygen atoms in total. The summed E-state index contributed by atoms with van der Waals surface area (Å²) < 4.78 is 6.70. The van der Waals surface area contributed by atoms with Gasteiger partial charge in [-0.1, -0.05) is 6.92 Å². The monoisotopic (exact) mass is 378 g/mol. The van der Waals surface area contributed by atoms with E-state index in [0.717, 1.165) is 22.2 Å². The number of hydrogen-bond donors (Lipinski definition) is 3. The second-order valence-corrected chi connectivity index (χ2v) is 7.15. The van der Waals surface area contributed by atoms with Gasteiger partial charge in [-0.2, -0.15) is 0 Å². The van der Waals surface area contributed by atoms with Crippen LogP contribution >= 0.6 is 0 Å². The van der Waals surface area contributed by atoms with Crippen LogP contribution in [0.2, 0.25) is 0 Å². The van der Waals surface area contributed by atoms with E-state index in [1.807, 2.05) is 24.3 Å². The molecule has 0 fully saturated rings. The minimum Gasteiger partial charge on any atom is -0.458 e. The minimum absolute atomic E-state index is 0.120. The lowest BCUT2D eigenvalue weighted by atomic mass is 9.86. The minimum atomic E-state index is -1.82. The van der Waals surface area contributed by atoms with Gasteiger partial charge in [0.1, 0.15) is 6.61 Å². The maximum atomic E-state index is 13.1. The molecule has 28 heavy (non-hydrogen) atoms. The third kappa shape index (κ3) is 2.10. The van der Waals surface area contributed by atoms with E-state index in [9.17, 15) is 14.7 Å². The molecule has 0 radical (unpaired) electrons. The number of cyclic esters (lactones) is 1. The molecule has 0 aliphatic carbocycles. The lowest BCUT2D eigenvalue weighted by Crippen LogP contribution is -2.44. The molecule has 142 valence electrons. The van der Waals surface area contributed by atoms with Gasteiger partial charge in [-0.25, -0.2) is 9.78 Å². The number of nitrogens with one attached hydrogen (secondary N) is 1. The Labute approximate surface area is 159 Å². The van der Waals surface area contributed by atoms with Gasteiger partial charge in [-0.15, -0.1) is 0 Å². The topological polar surface area (TPSA) is 119 Å². The lowest BCUT2D eigenvalue weighted by molar-refractivity contribution is -0.172. The molecule has 0 amide bonds. The highest BCUT2D eigenvalue weighted by molar-refractivity contribution is 5.87. The van der Waals surface area contributed by atoms with Gasteiger partial charge in [0.25, 0.3) is 5.56 Å². The Balaban J connectivity index is 1.76. The number of esters is 1. The fourth-order valence-corrected chi connectivity index (χ4v) is 4.08. The van der Waals surface area contributed by atoms with Crippen molar-refractivity contribution >= 4 is 22.6 Å².